The molecule has 0 saturated carbocycles. The van der Waals surface area contributed by atoms with Gasteiger partial charge in [0.15, 0.2) is 5.69 Å². The lowest BCUT2D eigenvalue weighted by atomic mass is 10.1. The number of esters is 1. The molecule has 1 amide bonds. The van der Waals surface area contributed by atoms with Gasteiger partial charge in [0.2, 0.25) is 5.91 Å². The quantitative estimate of drug-likeness (QED) is 0.526. The van der Waals surface area contributed by atoms with Crippen LogP contribution in [0.1, 0.15) is 63.9 Å². The first kappa shape index (κ1) is 24.0. The minimum atomic E-state index is -0.505. The third-order valence-corrected chi connectivity index (χ3v) is 6.05. The Bertz CT molecular complexity index is 947. The summed E-state index contributed by atoms with van der Waals surface area (Å²) in [7, 11) is 1.35. The number of hydrogen-bond acceptors (Lipinski definition) is 6. The first-order chi connectivity index (χ1) is 15.3. The van der Waals surface area contributed by atoms with Crippen LogP contribution in [-0.4, -0.2) is 47.8 Å². The summed E-state index contributed by atoms with van der Waals surface area (Å²) in [4.78, 5) is 30.4. The van der Waals surface area contributed by atoms with Crippen molar-refractivity contribution in [3.63, 3.8) is 0 Å². The number of anilines is 2. The van der Waals surface area contributed by atoms with Crippen molar-refractivity contribution in [2.24, 2.45) is 11.8 Å². The molecule has 3 heterocycles. The van der Waals surface area contributed by atoms with Crippen LogP contribution in [0.3, 0.4) is 0 Å². The summed E-state index contributed by atoms with van der Waals surface area (Å²) in [5, 5.41) is 7.12. The molecule has 176 valence electrons. The van der Waals surface area contributed by atoms with Gasteiger partial charge in [-0.15, -0.1) is 0 Å². The van der Waals surface area contributed by atoms with Gasteiger partial charge >= 0.3 is 5.97 Å². The Balaban J connectivity index is 2.09. The first-order valence-electron chi connectivity index (χ1n) is 11.6. The number of carbonyl (C=O) groups is 2. The topological polar surface area (TPSA) is 94.5 Å². The molecular formula is C24H36N4O4. The summed E-state index contributed by atoms with van der Waals surface area (Å²) in [5.74, 6) is -0.234. The summed E-state index contributed by atoms with van der Waals surface area (Å²) in [5.41, 5.74) is 2.24. The monoisotopic (exact) mass is 444 g/mol. The predicted octanol–water partition coefficient (Wildman–Crippen LogP) is 4.44. The summed E-state index contributed by atoms with van der Waals surface area (Å²) >= 11 is 0. The molecule has 8 heteroatoms. The lowest BCUT2D eigenvalue weighted by Gasteiger charge is -2.15. The number of rotatable bonds is 10. The smallest absolute Gasteiger partial charge is 0.356 e. The maximum absolute atomic E-state index is 12.9. The summed E-state index contributed by atoms with van der Waals surface area (Å²) < 4.78 is 12.8. The third kappa shape index (κ3) is 5.41. The molecule has 0 spiro atoms. The molecule has 1 aliphatic rings. The number of nitrogens with one attached hydrogen (secondary N) is 2. The largest absolute Gasteiger partial charge is 0.464 e. The number of fused-ring (bicyclic) bond motifs is 1. The van der Waals surface area contributed by atoms with Gasteiger partial charge < -0.3 is 24.7 Å². The maximum atomic E-state index is 12.9. The second-order valence-electron chi connectivity index (χ2n) is 8.96. The van der Waals surface area contributed by atoms with E-state index < -0.39 is 5.97 Å². The van der Waals surface area contributed by atoms with Crippen LogP contribution in [0.25, 0.3) is 11.0 Å². The Kier molecular flexibility index (Phi) is 8.12. The normalized spacial score (nSPS) is 17.0. The molecule has 0 radical (unpaired) electrons. The Morgan fingerprint density at radius 3 is 2.75 bits per heavy atom. The molecule has 2 N–H and O–H groups in total. The van der Waals surface area contributed by atoms with Crippen LogP contribution in [-0.2, 0) is 20.8 Å². The van der Waals surface area contributed by atoms with Gasteiger partial charge in [-0.05, 0) is 37.7 Å². The van der Waals surface area contributed by atoms with E-state index >= 15 is 0 Å². The highest BCUT2D eigenvalue weighted by molar-refractivity contribution is 6.11. The van der Waals surface area contributed by atoms with Crippen molar-refractivity contribution in [2.45, 2.75) is 66.0 Å². The fourth-order valence-electron chi connectivity index (χ4n) is 3.86. The number of ether oxygens (including phenoxy) is 2. The molecule has 0 bridgehead atoms. The highest BCUT2D eigenvalue weighted by Crippen LogP contribution is 2.34. The molecule has 0 aliphatic carbocycles. The second kappa shape index (κ2) is 10.8. The van der Waals surface area contributed by atoms with Crippen molar-refractivity contribution in [3.05, 3.63) is 18.0 Å². The maximum Gasteiger partial charge on any atom is 0.356 e. The van der Waals surface area contributed by atoms with Crippen LogP contribution >= 0.6 is 0 Å². The van der Waals surface area contributed by atoms with Gasteiger partial charge in [0.25, 0.3) is 0 Å². The van der Waals surface area contributed by atoms with Crippen molar-refractivity contribution in [1.29, 1.82) is 0 Å². The number of methoxy groups -OCH3 is 1. The second-order valence-corrected chi connectivity index (χ2v) is 8.96. The van der Waals surface area contributed by atoms with E-state index in [4.69, 9.17) is 9.47 Å². The number of carbonyl (C=O) groups excluding carboxylic acids is 2. The fraction of sp³-hybridized carbons (Fsp3) is 0.625. The van der Waals surface area contributed by atoms with Crippen LogP contribution in [0.15, 0.2) is 12.3 Å². The van der Waals surface area contributed by atoms with Crippen molar-refractivity contribution in [1.82, 2.24) is 9.55 Å². The van der Waals surface area contributed by atoms with Crippen molar-refractivity contribution in [2.75, 3.05) is 30.9 Å². The Morgan fingerprint density at radius 1 is 1.34 bits per heavy atom. The van der Waals surface area contributed by atoms with E-state index in [0.29, 0.717) is 42.5 Å². The van der Waals surface area contributed by atoms with Gasteiger partial charge in [0.1, 0.15) is 5.65 Å². The van der Waals surface area contributed by atoms with E-state index in [2.05, 4.69) is 29.5 Å². The average molecular weight is 445 g/mol. The molecule has 8 nitrogen and oxygen atoms in total. The van der Waals surface area contributed by atoms with E-state index in [9.17, 15) is 9.59 Å². The molecule has 1 aliphatic heterocycles. The molecule has 1 saturated heterocycles. The zero-order chi connectivity index (χ0) is 23.3. The van der Waals surface area contributed by atoms with E-state index in [0.717, 1.165) is 36.9 Å². The van der Waals surface area contributed by atoms with Crippen LogP contribution in [0.4, 0.5) is 11.4 Å². The molecular weight excluding hydrogens is 408 g/mol. The van der Waals surface area contributed by atoms with E-state index in [1.807, 2.05) is 24.5 Å². The summed E-state index contributed by atoms with van der Waals surface area (Å²) in [6.07, 6.45) is 5.42. The molecule has 1 fully saturated rings. The predicted molar refractivity (Wildman–Crippen MR) is 126 cm³/mol. The third-order valence-electron chi connectivity index (χ3n) is 6.05. The van der Waals surface area contributed by atoms with E-state index in [1.165, 1.54) is 7.11 Å². The standard InChI is InChI=1S/C24H36N4O4/c1-6-16(4)23(29)27-20-19-12-17(25-10-9-15(2)3)13-26-22(19)28(21(20)24(30)31-5)14-18-8-7-11-32-18/h12-13,15-16,18,25H,6-11,14H2,1-5H3,(H,27,29)/t16-,18+/m1/s1. The van der Waals surface area contributed by atoms with Crippen LogP contribution in [0.2, 0.25) is 0 Å². The lowest BCUT2D eigenvalue weighted by Crippen LogP contribution is -2.23. The van der Waals surface area contributed by atoms with Crippen molar-refractivity contribution >= 4 is 34.3 Å². The Morgan fingerprint density at radius 2 is 2.12 bits per heavy atom. The highest BCUT2D eigenvalue weighted by Gasteiger charge is 2.29. The van der Waals surface area contributed by atoms with Gasteiger partial charge in [-0.25, -0.2) is 9.78 Å². The Labute approximate surface area is 190 Å². The zero-order valence-corrected chi connectivity index (χ0v) is 19.9. The van der Waals surface area contributed by atoms with Gasteiger partial charge in [0, 0.05) is 24.5 Å². The minimum absolute atomic E-state index is 0.00207. The van der Waals surface area contributed by atoms with Crippen LogP contribution < -0.4 is 10.6 Å². The van der Waals surface area contributed by atoms with Gasteiger partial charge in [-0.3, -0.25) is 4.79 Å². The van der Waals surface area contributed by atoms with Crippen molar-refractivity contribution < 1.29 is 19.1 Å². The lowest BCUT2D eigenvalue weighted by molar-refractivity contribution is -0.119. The average Bonchev–Trinajstić information content (AvgIpc) is 3.39. The van der Waals surface area contributed by atoms with Crippen LogP contribution in [0.5, 0.6) is 0 Å². The van der Waals surface area contributed by atoms with E-state index in [1.54, 1.807) is 6.20 Å². The van der Waals surface area contributed by atoms with Gasteiger partial charge in [0.05, 0.1) is 37.3 Å². The number of nitrogens with zero attached hydrogens (tertiary/aromatic N) is 2. The number of hydrogen-bond donors (Lipinski definition) is 2. The molecule has 2 aromatic rings. The number of amides is 1. The molecule has 3 rings (SSSR count). The first-order valence-corrected chi connectivity index (χ1v) is 11.6. The summed E-state index contributed by atoms with van der Waals surface area (Å²) in [6.45, 7) is 10.2. The minimum Gasteiger partial charge on any atom is -0.464 e. The van der Waals surface area contributed by atoms with Gasteiger partial charge in [-0.2, -0.15) is 0 Å². The fourth-order valence-corrected chi connectivity index (χ4v) is 3.86. The summed E-state index contributed by atoms with van der Waals surface area (Å²) in [6, 6.07) is 1.95. The zero-order valence-electron chi connectivity index (χ0n) is 19.9. The van der Waals surface area contributed by atoms with Crippen LogP contribution in [0, 0.1) is 11.8 Å². The molecule has 0 unspecified atom stereocenters. The highest BCUT2D eigenvalue weighted by atomic mass is 16.5. The number of pyridine rings is 1. The number of aromatic nitrogens is 2. The SMILES string of the molecule is CC[C@@H](C)C(=O)Nc1c(C(=O)OC)n(C[C@@H]2CCCO2)c2ncc(NCCC(C)C)cc12. The molecule has 32 heavy (non-hydrogen) atoms. The van der Waals surface area contributed by atoms with Gasteiger partial charge in [-0.1, -0.05) is 27.7 Å². The molecule has 0 aromatic carbocycles. The van der Waals surface area contributed by atoms with E-state index in [-0.39, 0.29) is 17.9 Å². The molecule has 2 aromatic heterocycles. The molecule has 2 atom stereocenters. The van der Waals surface area contributed by atoms with Crippen molar-refractivity contribution in [3.8, 4) is 0 Å². The Hall–Kier alpha value is -2.61.